The van der Waals surface area contributed by atoms with E-state index in [1.54, 1.807) is 0 Å². The van der Waals surface area contributed by atoms with Crippen molar-refractivity contribution < 1.29 is 9.53 Å². The summed E-state index contributed by atoms with van der Waals surface area (Å²) in [6, 6.07) is 1.92. The number of carbonyl (C=O) groups excluding carboxylic acids is 1. The van der Waals surface area contributed by atoms with Gasteiger partial charge in [-0.3, -0.25) is 4.79 Å². The fourth-order valence-corrected chi connectivity index (χ4v) is 3.32. The molecule has 0 unspecified atom stereocenters. The molecule has 0 heterocycles. The SMILES string of the molecule is Cc1cc(OCC(C)C)c(C(=O)C2CCCCC2)c(C)c1Cl. The normalized spacial score (nSPS) is 16.1. The van der Waals surface area contributed by atoms with Gasteiger partial charge in [0.15, 0.2) is 5.78 Å². The van der Waals surface area contributed by atoms with Gasteiger partial charge < -0.3 is 4.74 Å². The van der Waals surface area contributed by atoms with E-state index in [0.717, 1.165) is 36.8 Å². The molecule has 0 atom stereocenters. The number of ether oxygens (including phenoxy) is 1. The first-order valence-electron chi connectivity index (χ1n) is 8.38. The van der Waals surface area contributed by atoms with Crippen molar-refractivity contribution in [3.63, 3.8) is 0 Å². The lowest BCUT2D eigenvalue weighted by Crippen LogP contribution is -2.20. The van der Waals surface area contributed by atoms with Crippen molar-refractivity contribution in [2.24, 2.45) is 11.8 Å². The van der Waals surface area contributed by atoms with Gasteiger partial charge in [0.1, 0.15) is 5.75 Å². The van der Waals surface area contributed by atoms with E-state index in [9.17, 15) is 4.79 Å². The van der Waals surface area contributed by atoms with Gasteiger partial charge in [0.2, 0.25) is 0 Å². The summed E-state index contributed by atoms with van der Waals surface area (Å²) < 4.78 is 5.95. The third-order valence-electron chi connectivity index (χ3n) is 4.44. The minimum Gasteiger partial charge on any atom is -0.493 e. The molecule has 0 N–H and O–H groups in total. The van der Waals surface area contributed by atoms with E-state index in [1.807, 2.05) is 19.9 Å². The molecule has 0 saturated heterocycles. The van der Waals surface area contributed by atoms with Crippen LogP contribution >= 0.6 is 11.6 Å². The number of hydrogen-bond donors (Lipinski definition) is 0. The minimum atomic E-state index is 0.132. The Morgan fingerprint density at radius 2 is 1.91 bits per heavy atom. The molecule has 1 saturated carbocycles. The number of ketones is 1. The van der Waals surface area contributed by atoms with E-state index in [1.165, 1.54) is 6.42 Å². The average Bonchev–Trinajstić information content (AvgIpc) is 2.51. The van der Waals surface area contributed by atoms with Gasteiger partial charge in [-0.25, -0.2) is 0 Å². The highest BCUT2D eigenvalue weighted by atomic mass is 35.5. The summed E-state index contributed by atoms with van der Waals surface area (Å²) in [6.07, 6.45) is 5.53. The second-order valence-corrected chi connectivity index (χ2v) is 7.29. The van der Waals surface area contributed by atoms with Gasteiger partial charge >= 0.3 is 0 Å². The van der Waals surface area contributed by atoms with Crippen LogP contribution < -0.4 is 4.74 Å². The molecule has 2 rings (SSSR count). The Balaban J connectivity index is 2.37. The summed E-state index contributed by atoms with van der Waals surface area (Å²) in [5.41, 5.74) is 2.55. The van der Waals surface area contributed by atoms with Gasteiger partial charge in [-0.05, 0) is 49.8 Å². The maximum atomic E-state index is 13.0. The molecule has 0 spiro atoms. The van der Waals surface area contributed by atoms with E-state index < -0.39 is 0 Å². The second-order valence-electron chi connectivity index (χ2n) is 6.91. The number of halogens is 1. The van der Waals surface area contributed by atoms with Gasteiger partial charge in [-0.2, -0.15) is 0 Å². The molecule has 0 aromatic heterocycles. The van der Waals surface area contributed by atoms with Crippen LogP contribution in [0.3, 0.4) is 0 Å². The van der Waals surface area contributed by atoms with Crippen LogP contribution in [0.5, 0.6) is 5.75 Å². The number of hydrogen-bond acceptors (Lipinski definition) is 2. The van der Waals surface area contributed by atoms with E-state index in [-0.39, 0.29) is 11.7 Å². The van der Waals surface area contributed by atoms with Crippen molar-refractivity contribution in [2.75, 3.05) is 6.61 Å². The topological polar surface area (TPSA) is 26.3 Å². The van der Waals surface area contributed by atoms with E-state index in [4.69, 9.17) is 16.3 Å². The first-order valence-corrected chi connectivity index (χ1v) is 8.76. The third kappa shape index (κ3) is 3.84. The average molecular weight is 323 g/mol. The number of aryl methyl sites for hydroxylation is 1. The molecule has 2 nitrogen and oxygen atoms in total. The van der Waals surface area contributed by atoms with Crippen LogP contribution in [0.4, 0.5) is 0 Å². The Labute approximate surface area is 139 Å². The zero-order chi connectivity index (χ0) is 16.3. The molecule has 1 fully saturated rings. The first kappa shape index (κ1) is 17.3. The molecule has 0 bridgehead atoms. The fourth-order valence-electron chi connectivity index (χ4n) is 3.17. The van der Waals surface area contributed by atoms with Gasteiger partial charge in [0.05, 0.1) is 12.2 Å². The molecule has 0 radical (unpaired) electrons. The standard InChI is InChI=1S/C19H27ClO2/c1-12(2)11-22-16-10-13(3)18(20)14(4)17(16)19(21)15-8-6-5-7-9-15/h10,12,15H,5-9,11H2,1-4H3. The summed E-state index contributed by atoms with van der Waals surface area (Å²) in [5, 5.41) is 0.691. The van der Waals surface area contributed by atoms with Crippen molar-refractivity contribution in [3.05, 3.63) is 27.8 Å². The molecule has 0 aliphatic heterocycles. The number of carbonyl (C=O) groups is 1. The molecule has 1 aromatic carbocycles. The summed E-state index contributed by atoms with van der Waals surface area (Å²) in [5.74, 6) is 1.49. The molecule has 1 aliphatic carbocycles. The van der Waals surface area contributed by atoms with E-state index >= 15 is 0 Å². The third-order valence-corrected chi connectivity index (χ3v) is 5.02. The summed E-state index contributed by atoms with van der Waals surface area (Å²) in [4.78, 5) is 13.0. The molecule has 1 aromatic rings. The first-order chi connectivity index (χ1) is 10.4. The minimum absolute atomic E-state index is 0.132. The molecule has 122 valence electrons. The van der Waals surface area contributed by atoms with Crippen LogP contribution in [0.2, 0.25) is 5.02 Å². The zero-order valence-corrected chi connectivity index (χ0v) is 14.9. The lowest BCUT2D eigenvalue weighted by Gasteiger charge is -2.24. The fraction of sp³-hybridized carbons (Fsp3) is 0.632. The van der Waals surface area contributed by atoms with Crippen LogP contribution in [0.15, 0.2) is 6.07 Å². The highest BCUT2D eigenvalue weighted by Crippen LogP contribution is 2.36. The second kappa shape index (κ2) is 7.50. The van der Waals surface area contributed by atoms with Crippen LogP contribution in [0.25, 0.3) is 0 Å². The molecule has 3 heteroatoms. The van der Waals surface area contributed by atoms with Crippen molar-refractivity contribution in [1.29, 1.82) is 0 Å². The smallest absolute Gasteiger partial charge is 0.169 e. The predicted octanol–water partition coefficient (Wildman–Crippen LogP) is 5.75. The zero-order valence-electron chi connectivity index (χ0n) is 14.2. The highest BCUT2D eigenvalue weighted by Gasteiger charge is 2.27. The monoisotopic (exact) mass is 322 g/mol. The lowest BCUT2D eigenvalue weighted by atomic mass is 9.82. The molecule has 0 amide bonds. The Bertz CT molecular complexity index is 543. The van der Waals surface area contributed by atoms with E-state index in [2.05, 4.69) is 13.8 Å². The number of Topliss-reactive ketones (excluding diaryl/α,β-unsaturated/α-hetero) is 1. The van der Waals surface area contributed by atoms with Crippen LogP contribution in [0, 0.1) is 25.7 Å². The molecular formula is C19H27ClO2. The maximum absolute atomic E-state index is 13.0. The summed E-state index contributed by atoms with van der Waals surface area (Å²) in [7, 11) is 0. The maximum Gasteiger partial charge on any atom is 0.169 e. The van der Waals surface area contributed by atoms with Crippen molar-refractivity contribution in [2.45, 2.75) is 59.8 Å². The lowest BCUT2D eigenvalue weighted by molar-refractivity contribution is 0.0884. The van der Waals surface area contributed by atoms with Crippen LogP contribution in [0.1, 0.15) is 67.4 Å². The molecule has 22 heavy (non-hydrogen) atoms. The molecule has 1 aliphatic rings. The van der Waals surface area contributed by atoms with Gasteiger partial charge in [0, 0.05) is 10.9 Å². The Morgan fingerprint density at radius 1 is 1.27 bits per heavy atom. The Morgan fingerprint density at radius 3 is 2.50 bits per heavy atom. The van der Waals surface area contributed by atoms with Crippen LogP contribution in [-0.4, -0.2) is 12.4 Å². The van der Waals surface area contributed by atoms with Gasteiger partial charge in [-0.15, -0.1) is 0 Å². The number of benzene rings is 1. The van der Waals surface area contributed by atoms with Crippen LogP contribution in [-0.2, 0) is 0 Å². The predicted molar refractivity (Wildman–Crippen MR) is 92.2 cm³/mol. The highest BCUT2D eigenvalue weighted by molar-refractivity contribution is 6.32. The quantitative estimate of drug-likeness (QED) is 0.645. The van der Waals surface area contributed by atoms with Gasteiger partial charge in [0.25, 0.3) is 0 Å². The summed E-state index contributed by atoms with van der Waals surface area (Å²) >= 11 is 6.39. The van der Waals surface area contributed by atoms with Crippen molar-refractivity contribution in [1.82, 2.24) is 0 Å². The van der Waals surface area contributed by atoms with Gasteiger partial charge in [-0.1, -0.05) is 44.7 Å². The van der Waals surface area contributed by atoms with E-state index in [0.29, 0.717) is 28.9 Å². The van der Waals surface area contributed by atoms with Crippen molar-refractivity contribution >= 4 is 17.4 Å². The molecular weight excluding hydrogens is 296 g/mol. The summed E-state index contributed by atoms with van der Waals surface area (Å²) in [6.45, 7) is 8.74. The van der Waals surface area contributed by atoms with Crippen molar-refractivity contribution in [3.8, 4) is 5.75 Å². The Kier molecular flexibility index (Phi) is 5.91. The largest absolute Gasteiger partial charge is 0.493 e. The number of rotatable bonds is 5. The Hall–Kier alpha value is -1.02.